The van der Waals surface area contributed by atoms with Gasteiger partial charge in [0, 0.05) is 0 Å². The predicted molar refractivity (Wildman–Crippen MR) is 78.8 cm³/mol. The average Bonchev–Trinajstić information content (AvgIpc) is 2.05. The van der Waals surface area contributed by atoms with Crippen LogP contribution in [0.4, 0.5) is 26.3 Å². The van der Waals surface area contributed by atoms with Gasteiger partial charge in [0.15, 0.2) is 0 Å². The fourth-order valence-electron chi connectivity index (χ4n) is 0.753. The summed E-state index contributed by atoms with van der Waals surface area (Å²) in [5.74, 6) is 0. The third-order valence-electron chi connectivity index (χ3n) is 1.29. The van der Waals surface area contributed by atoms with Gasteiger partial charge in [0.2, 0.25) is 16.6 Å². The van der Waals surface area contributed by atoms with Gasteiger partial charge in [0.25, 0.3) is 0 Å². The summed E-state index contributed by atoms with van der Waals surface area (Å²) in [6.07, 6.45) is 0. The summed E-state index contributed by atoms with van der Waals surface area (Å²) in [6.45, 7) is 8.14. The summed E-state index contributed by atoms with van der Waals surface area (Å²) in [5.41, 5.74) is -10.6. The van der Waals surface area contributed by atoms with Crippen molar-refractivity contribution < 1.29 is 50.9 Å². The van der Waals surface area contributed by atoms with E-state index in [1.807, 2.05) is 0 Å². The van der Waals surface area contributed by atoms with Crippen LogP contribution in [-0.4, -0.2) is 44.5 Å². The fraction of sp³-hybridized carbons (Fsp3) is 1.00. The molecule has 0 unspecified atom stereocenters. The lowest BCUT2D eigenvalue weighted by Crippen LogP contribution is -2.36. The molecule has 0 fully saturated rings. The smallest absolute Gasteiger partial charge is 0.309 e. The molecule has 0 saturated heterocycles. The maximum atomic E-state index is 11.7. The molecule has 24 heavy (non-hydrogen) atoms. The van der Waals surface area contributed by atoms with Gasteiger partial charge in [-0.25, -0.2) is 0 Å². The summed E-state index contributed by atoms with van der Waals surface area (Å²) in [5, 5.41) is 0. The van der Waals surface area contributed by atoms with Crippen molar-refractivity contribution in [1.29, 1.82) is 0 Å². The number of halogens is 6. The van der Waals surface area contributed by atoms with E-state index in [0.717, 1.165) is 0 Å². The van der Waals surface area contributed by atoms with Crippen molar-refractivity contribution in [3.63, 3.8) is 0 Å². The number of hydrogen-bond donors (Lipinski definition) is 0. The Kier molecular flexibility index (Phi) is 8.26. The Morgan fingerprint density at radius 1 is 0.583 bits per heavy atom. The predicted octanol–water partition coefficient (Wildman–Crippen LogP) is 3.38. The van der Waals surface area contributed by atoms with Gasteiger partial charge in [-0.1, -0.05) is 0 Å². The quantitative estimate of drug-likeness (QED) is 0.375. The molecule has 6 nitrogen and oxygen atoms in total. The van der Waals surface area contributed by atoms with Crippen molar-refractivity contribution >= 4 is 36.9 Å². The number of rotatable bonds is 4. The van der Waals surface area contributed by atoms with Crippen molar-refractivity contribution in [1.82, 2.24) is 0 Å². The summed E-state index contributed by atoms with van der Waals surface area (Å²) in [7, 11) is -16.2. The molecular weight excluding hydrogens is 426 g/mol. The van der Waals surface area contributed by atoms with Crippen molar-refractivity contribution in [3.8, 4) is 0 Å². The van der Waals surface area contributed by atoms with E-state index in [4.69, 9.17) is 0 Å². The van der Waals surface area contributed by atoms with Crippen LogP contribution in [0.2, 0.25) is 39.3 Å². The van der Waals surface area contributed by atoms with Crippen LogP contribution in [0.25, 0.3) is 0 Å². The van der Waals surface area contributed by atoms with E-state index in [2.05, 4.69) is 7.74 Å². The van der Waals surface area contributed by atoms with Crippen LogP contribution in [-0.2, 0) is 28.0 Å². The summed E-state index contributed by atoms with van der Waals surface area (Å²) < 4.78 is 119. The van der Waals surface area contributed by atoms with Crippen LogP contribution in [0, 0.1) is 0 Å². The Morgan fingerprint density at radius 3 is 0.792 bits per heavy atom. The minimum absolute atomic E-state index is 1.36. The van der Waals surface area contributed by atoms with E-state index in [1.165, 1.54) is 39.3 Å². The van der Waals surface area contributed by atoms with Crippen LogP contribution in [0.5, 0.6) is 0 Å². The molecule has 0 atom stereocenters. The lowest BCUT2D eigenvalue weighted by Gasteiger charge is -2.17. The molecule has 0 aromatic rings. The molecular formula is C8H18F6O6S2Si2. The molecule has 0 bridgehead atoms. The highest BCUT2D eigenvalue weighted by molar-refractivity contribution is 7.88. The maximum absolute atomic E-state index is 11.7. The minimum atomic E-state index is -5.39. The van der Waals surface area contributed by atoms with E-state index < -0.39 is 47.9 Å². The zero-order chi connectivity index (χ0) is 20.4. The highest BCUT2D eigenvalue weighted by atomic mass is 32.2. The molecule has 0 N–H and O–H groups in total. The Hall–Kier alpha value is -0.166. The first kappa shape index (κ1) is 26.1. The van der Waals surface area contributed by atoms with Crippen LogP contribution >= 0.6 is 0 Å². The molecule has 0 aliphatic rings. The zero-order valence-electron chi connectivity index (χ0n) is 13.5. The third kappa shape index (κ3) is 10.6. The average molecular weight is 445 g/mol. The molecule has 0 amide bonds. The molecule has 16 heteroatoms. The number of alkyl halides is 6. The van der Waals surface area contributed by atoms with Crippen LogP contribution in [0.15, 0.2) is 0 Å². The summed E-state index contributed by atoms with van der Waals surface area (Å²) in [4.78, 5) is 0. The SMILES string of the molecule is C[Si](C)(C)OS(=O)(=O)C(F)(F)F.C[Si](C)(C)OS(=O)(=O)C(F)(F)F. The van der Waals surface area contributed by atoms with Gasteiger partial charge in [-0.05, 0) is 39.3 Å². The van der Waals surface area contributed by atoms with Crippen molar-refractivity contribution in [2.75, 3.05) is 0 Å². The molecule has 0 radical (unpaired) electrons. The van der Waals surface area contributed by atoms with E-state index in [-0.39, 0.29) is 0 Å². The van der Waals surface area contributed by atoms with Gasteiger partial charge in [-0.15, -0.1) is 0 Å². The second-order valence-electron chi connectivity index (χ2n) is 6.19. The lowest BCUT2D eigenvalue weighted by molar-refractivity contribution is -0.0507. The third-order valence-corrected chi connectivity index (χ3v) is 8.18. The van der Waals surface area contributed by atoms with Crippen molar-refractivity contribution in [3.05, 3.63) is 0 Å². The van der Waals surface area contributed by atoms with E-state index in [9.17, 15) is 43.2 Å². The Morgan fingerprint density at radius 2 is 0.750 bits per heavy atom. The van der Waals surface area contributed by atoms with E-state index in [1.54, 1.807) is 0 Å². The first-order valence-corrected chi connectivity index (χ1v) is 15.6. The highest BCUT2D eigenvalue weighted by Gasteiger charge is 2.50. The highest BCUT2D eigenvalue weighted by Crippen LogP contribution is 2.28. The second-order valence-corrected chi connectivity index (χ2v) is 18.7. The lowest BCUT2D eigenvalue weighted by atomic mass is 11.6. The molecule has 0 rings (SSSR count). The fourth-order valence-corrected chi connectivity index (χ4v) is 6.77. The maximum Gasteiger partial charge on any atom is 0.522 e. The van der Waals surface area contributed by atoms with Gasteiger partial charge in [0.1, 0.15) is 0 Å². The molecule has 0 aliphatic heterocycles. The minimum Gasteiger partial charge on any atom is -0.309 e. The molecule has 0 aromatic carbocycles. The molecule has 0 heterocycles. The Balaban J connectivity index is 0. The van der Waals surface area contributed by atoms with Gasteiger partial charge in [-0.2, -0.15) is 43.2 Å². The normalized spacial score (nSPS) is 14.8. The molecule has 0 spiro atoms. The van der Waals surface area contributed by atoms with Gasteiger partial charge in [0.05, 0.1) is 0 Å². The Bertz CT molecular complexity index is 555. The molecule has 0 aliphatic carbocycles. The zero-order valence-corrected chi connectivity index (χ0v) is 17.2. The standard InChI is InChI=1S/2C4H9F3O3SSi/c2*1-12(2,3)10-11(8,9)4(5,6)7/h2*1-3H3. The van der Waals surface area contributed by atoms with E-state index >= 15 is 0 Å². The second kappa shape index (κ2) is 7.60. The summed E-state index contributed by atoms with van der Waals surface area (Å²) >= 11 is 0. The van der Waals surface area contributed by atoms with Crippen molar-refractivity contribution in [2.45, 2.75) is 50.3 Å². The monoisotopic (exact) mass is 444 g/mol. The largest absolute Gasteiger partial charge is 0.522 e. The van der Waals surface area contributed by atoms with Crippen LogP contribution in [0.1, 0.15) is 0 Å². The van der Waals surface area contributed by atoms with E-state index in [0.29, 0.717) is 0 Å². The van der Waals surface area contributed by atoms with Gasteiger partial charge < -0.3 is 7.74 Å². The van der Waals surface area contributed by atoms with Crippen LogP contribution in [0.3, 0.4) is 0 Å². The summed E-state index contributed by atoms with van der Waals surface area (Å²) in [6, 6.07) is 0. The van der Waals surface area contributed by atoms with Crippen LogP contribution < -0.4 is 0 Å². The van der Waals surface area contributed by atoms with Gasteiger partial charge in [-0.3, -0.25) is 0 Å². The number of hydrogen-bond acceptors (Lipinski definition) is 6. The Labute approximate surface area is 138 Å². The molecule has 0 aromatic heterocycles. The van der Waals surface area contributed by atoms with Crippen molar-refractivity contribution in [2.24, 2.45) is 0 Å². The molecule has 148 valence electrons. The first-order chi connectivity index (χ1) is 9.91. The molecule has 0 saturated carbocycles. The van der Waals surface area contributed by atoms with Gasteiger partial charge >= 0.3 is 31.3 Å². The first-order valence-electron chi connectivity index (χ1n) is 5.95. The topological polar surface area (TPSA) is 86.7 Å².